The van der Waals surface area contributed by atoms with Crippen LogP contribution in [0, 0.1) is 0 Å². The lowest BCUT2D eigenvalue weighted by atomic mass is 10.2. The van der Waals surface area contributed by atoms with Gasteiger partial charge in [0.05, 0.1) is 17.4 Å². The van der Waals surface area contributed by atoms with Gasteiger partial charge >= 0.3 is 0 Å². The molecule has 0 atom stereocenters. The van der Waals surface area contributed by atoms with Gasteiger partial charge in [-0.1, -0.05) is 36.4 Å². The summed E-state index contributed by atoms with van der Waals surface area (Å²) in [7, 11) is 0. The average Bonchev–Trinajstić information content (AvgIpc) is 2.72. The molecule has 2 heterocycles. The molecule has 3 aromatic rings. The summed E-state index contributed by atoms with van der Waals surface area (Å²) in [4.78, 5) is 23.0. The van der Waals surface area contributed by atoms with Crippen molar-refractivity contribution < 1.29 is 4.79 Å². The Bertz CT molecular complexity index is 837. The van der Waals surface area contributed by atoms with Crippen molar-refractivity contribution in [3.05, 3.63) is 90.0 Å². The number of carbonyl (C=O) groups is 1. The Kier molecular flexibility index (Phi) is 5.93. The van der Waals surface area contributed by atoms with E-state index in [0.717, 1.165) is 24.3 Å². The van der Waals surface area contributed by atoms with E-state index in [1.54, 1.807) is 24.8 Å². The molecule has 0 aliphatic carbocycles. The van der Waals surface area contributed by atoms with E-state index in [0.29, 0.717) is 12.1 Å². The van der Waals surface area contributed by atoms with Crippen LogP contribution in [0.25, 0.3) is 0 Å². The highest BCUT2D eigenvalue weighted by Crippen LogP contribution is 2.17. The van der Waals surface area contributed by atoms with E-state index in [1.165, 1.54) is 5.56 Å². The average molecular weight is 346 g/mol. The summed E-state index contributed by atoms with van der Waals surface area (Å²) in [5.41, 5.74) is 3.67. The van der Waals surface area contributed by atoms with E-state index < -0.39 is 0 Å². The fourth-order valence-electron chi connectivity index (χ4n) is 2.70. The van der Waals surface area contributed by atoms with Gasteiger partial charge in [0, 0.05) is 38.2 Å². The summed E-state index contributed by atoms with van der Waals surface area (Å²) in [6, 6.07) is 15.9. The summed E-state index contributed by atoms with van der Waals surface area (Å²) < 4.78 is 0. The Hall–Kier alpha value is -3.21. The van der Waals surface area contributed by atoms with E-state index in [1.807, 2.05) is 36.4 Å². The summed E-state index contributed by atoms with van der Waals surface area (Å²) in [5, 5.41) is 2.91. The second-order valence-corrected chi connectivity index (χ2v) is 5.98. The Balaban J connectivity index is 1.69. The first-order valence-corrected chi connectivity index (χ1v) is 8.67. The smallest absolute Gasteiger partial charge is 0.253 e. The zero-order valence-electron chi connectivity index (χ0n) is 14.8. The summed E-state index contributed by atoms with van der Waals surface area (Å²) in [6.07, 6.45) is 6.85. The topological polar surface area (TPSA) is 58.1 Å². The molecule has 0 radical (unpaired) electrons. The number of carbonyl (C=O) groups excluding carboxylic acids is 1. The first kappa shape index (κ1) is 17.6. The van der Waals surface area contributed by atoms with Crippen LogP contribution in [0.15, 0.2) is 73.3 Å². The molecule has 0 saturated carbocycles. The molecule has 1 N–H and O–H groups in total. The molecular formula is C21H22N4O. The van der Waals surface area contributed by atoms with Crippen molar-refractivity contribution in [3.8, 4) is 0 Å². The third-order valence-electron chi connectivity index (χ3n) is 4.12. The van der Waals surface area contributed by atoms with Crippen LogP contribution in [0.2, 0.25) is 0 Å². The van der Waals surface area contributed by atoms with E-state index >= 15 is 0 Å². The molecule has 3 rings (SSSR count). The van der Waals surface area contributed by atoms with Crippen LogP contribution >= 0.6 is 0 Å². The maximum absolute atomic E-state index is 12.4. The quantitative estimate of drug-likeness (QED) is 0.712. The Morgan fingerprint density at radius 1 is 1.00 bits per heavy atom. The highest BCUT2D eigenvalue weighted by atomic mass is 16.1. The molecule has 5 heteroatoms. The van der Waals surface area contributed by atoms with Crippen molar-refractivity contribution >= 4 is 11.6 Å². The van der Waals surface area contributed by atoms with Gasteiger partial charge in [0.2, 0.25) is 0 Å². The van der Waals surface area contributed by atoms with Gasteiger partial charge in [-0.15, -0.1) is 0 Å². The third-order valence-corrected chi connectivity index (χ3v) is 4.12. The molecule has 2 aromatic heterocycles. The number of pyridine rings is 2. The van der Waals surface area contributed by atoms with Crippen LogP contribution in [0.5, 0.6) is 0 Å². The fraction of sp³-hybridized carbons (Fsp3) is 0.190. The molecule has 0 aliphatic heterocycles. The number of nitrogens with zero attached hydrogens (tertiary/aromatic N) is 3. The minimum absolute atomic E-state index is 0.140. The molecule has 0 fully saturated rings. The van der Waals surface area contributed by atoms with Gasteiger partial charge in [0.1, 0.15) is 0 Å². The van der Waals surface area contributed by atoms with Crippen LogP contribution in [-0.2, 0) is 13.1 Å². The monoisotopic (exact) mass is 346 g/mol. The van der Waals surface area contributed by atoms with Gasteiger partial charge in [0.25, 0.3) is 5.91 Å². The lowest BCUT2D eigenvalue weighted by molar-refractivity contribution is 0.0950. The maximum Gasteiger partial charge on any atom is 0.253 e. The maximum atomic E-state index is 12.4. The first-order valence-electron chi connectivity index (χ1n) is 8.67. The van der Waals surface area contributed by atoms with Crippen LogP contribution in [0.1, 0.15) is 28.4 Å². The normalized spacial score (nSPS) is 10.3. The minimum Gasteiger partial charge on any atom is -0.366 e. The number of amides is 1. The molecule has 0 spiro atoms. The minimum atomic E-state index is -0.140. The number of hydrogen-bond acceptors (Lipinski definition) is 4. The molecule has 0 saturated heterocycles. The van der Waals surface area contributed by atoms with Gasteiger partial charge in [-0.3, -0.25) is 14.8 Å². The lowest BCUT2D eigenvalue weighted by Crippen LogP contribution is -2.25. The standard InChI is InChI=1S/C21H22N4O/c1-2-25(16-17-7-4-3-5-8-17)20-11-19(14-23-15-20)21(26)24-13-18-9-6-10-22-12-18/h3-12,14-15H,2,13,16H2,1H3,(H,24,26). The van der Waals surface area contributed by atoms with E-state index in [9.17, 15) is 4.79 Å². The molecule has 132 valence electrons. The third kappa shape index (κ3) is 4.66. The molecule has 0 unspecified atom stereocenters. The second kappa shape index (κ2) is 8.76. The van der Waals surface area contributed by atoms with Gasteiger partial charge in [0.15, 0.2) is 0 Å². The van der Waals surface area contributed by atoms with Crippen molar-refractivity contribution in [2.45, 2.75) is 20.0 Å². The highest BCUT2D eigenvalue weighted by molar-refractivity contribution is 5.94. The number of rotatable bonds is 7. The SMILES string of the molecule is CCN(Cc1ccccc1)c1cncc(C(=O)NCc2cccnc2)c1. The van der Waals surface area contributed by atoms with Gasteiger partial charge in [-0.25, -0.2) is 0 Å². The van der Waals surface area contributed by atoms with Crippen molar-refractivity contribution in [3.63, 3.8) is 0 Å². The Morgan fingerprint density at radius 2 is 1.81 bits per heavy atom. The van der Waals surface area contributed by atoms with E-state index in [-0.39, 0.29) is 5.91 Å². The molecule has 26 heavy (non-hydrogen) atoms. The number of hydrogen-bond donors (Lipinski definition) is 1. The molecule has 1 amide bonds. The molecule has 1 aromatic carbocycles. The number of nitrogens with one attached hydrogen (secondary N) is 1. The van der Waals surface area contributed by atoms with Gasteiger partial charge < -0.3 is 10.2 Å². The van der Waals surface area contributed by atoms with Crippen LogP contribution in [0.3, 0.4) is 0 Å². The molecular weight excluding hydrogens is 324 g/mol. The summed E-state index contributed by atoms with van der Waals surface area (Å²) in [5.74, 6) is -0.140. The number of benzene rings is 1. The van der Waals surface area contributed by atoms with E-state index in [4.69, 9.17) is 0 Å². The van der Waals surface area contributed by atoms with Crippen molar-refractivity contribution in [1.29, 1.82) is 0 Å². The molecule has 0 bridgehead atoms. The molecule has 0 aliphatic rings. The number of aromatic nitrogens is 2. The van der Waals surface area contributed by atoms with Crippen LogP contribution in [-0.4, -0.2) is 22.4 Å². The second-order valence-electron chi connectivity index (χ2n) is 5.98. The van der Waals surface area contributed by atoms with Crippen LogP contribution in [0.4, 0.5) is 5.69 Å². The largest absolute Gasteiger partial charge is 0.366 e. The predicted octanol–water partition coefficient (Wildman–Crippen LogP) is 3.43. The summed E-state index contributed by atoms with van der Waals surface area (Å²) in [6.45, 7) is 4.15. The highest BCUT2D eigenvalue weighted by Gasteiger charge is 2.11. The van der Waals surface area contributed by atoms with Crippen LogP contribution < -0.4 is 10.2 Å². The predicted molar refractivity (Wildman–Crippen MR) is 103 cm³/mol. The zero-order valence-corrected chi connectivity index (χ0v) is 14.8. The van der Waals surface area contributed by atoms with Crippen molar-refractivity contribution in [1.82, 2.24) is 15.3 Å². The Labute approximate surface area is 153 Å². The lowest BCUT2D eigenvalue weighted by Gasteiger charge is -2.23. The Morgan fingerprint density at radius 3 is 2.54 bits per heavy atom. The fourth-order valence-corrected chi connectivity index (χ4v) is 2.70. The molecule has 5 nitrogen and oxygen atoms in total. The zero-order chi connectivity index (χ0) is 18.2. The van der Waals surface area contributed by atoms with E-state index in [2.05, 4.69) is 39.2 Å². The first-order chi connectivity index (χ1) is 12.8. The van der Waals surface area contributed by atoms with Crippen molar-refractivity contribution in [2.75, 3.05) is 11.4 Å². The van der Waals surface area contributed by atoms with Crippen molar-refractivity contribution in [2.24, 2.45) is 0 Å². The summed E-state index contributed by atoms with van der Waals surface area (Å²) >= 11 is 0. The van der Waals surface area contributed by atoms with Gasteiger partial charge in [-0.05, 0) is 30.2 Å². The number of anilines is 1. The van der Waals surface area contributed by atoms with Gasteiger partial charge in [-0.2, -0.15) is 0 Å².